The Morgan fingerprint density at radius 2 is 1.75 bits per heavy atom. The van der Waals surface area contributed by atoms with Gasteiger partial charge in [0.25, 0.3) is 0 Å². The Labute approximate surface area is 77.1 Å². The van der Waals surface area contributed by atoms with E-state index in [0.717, 1.165) is 12.3 Å². The van der Waals surface area contributed by atoms with Crippen molar-refractivity contribution in [3.63, 3.8) is 0 Å². The van der Waals surface area contributed by atoms with E-state index in [0.29, 0.717) is 6.04 Å². The van der Waals surface area contributed by atoms with E-state index < -0.39 is 0 Å². The van der Waals surface area contributed by atoms with Crippen LogP contribution in [0.3, 0.4) is 0 Å². The second-order valence-electron chi connectivity index (χ2n) is 4.28. The van der Waals surface area contributed by atoms with Crippen LogP contribution in [0.5, 0.6) is 0 Å². The van der Waals surface area contributed by atoms with Crippen LogP contribution in [-0.4, -0.2) is 31.6 Å². The molecule has 0 heterocycles. The SMILES string of the molecule is CC(N)CCCC(C)CN(C)C. The van der Waals surface area contributed by atoms with Crippen molar-refractivity contribution in [1.29, 1.82) is 0 Å². The first-order valence-corrected chi connectivity index (χ1v) is 4.92. The van der Waals surface area contributed by atoms with Crippen LogP contribution in [0.4, 0.5) is 0 Å². The fourth-order valence-corrected chi connectivity index (χ4v) is 1.50. The molecule has 0 aromatic carbocycles. The molecule has 0 aromatic rings. The van der Waals surface area contributed by atoms with E-state index in [4.69, 9.17) is 5.73 Å². The van der Waals surface area contributed by atoms with Crippen molar-refractivity contribution < 1.29 is 0 Å². The Hall–Kier alpha value is -0.0800. The summed E-state index contributed by atoms with van der Waals surface area (Å²) in [5.41, 5.74) is 5.67. The van der Waals surface area contributed by atoms with Gasteiger partial charge in [0.2, 0.25) is 0 Å². The molecule has 0 aliphatic carbocycles. The molecule has 0 amide bonds. The summed E-state index contributed by atoms with van der Waals surface area (Å²) < 4.78 is 0. The predicted octanol–water partition coefficient (Wildman–Crippen LogP) is 1.70. The first-order chi connectivity index (χ1) is 5.52. The maximum atomic E-state index is 5.67. The number of hydrogen-bond donors (Lipinski definition) is 1. The van der Waals surface area contributed by atoms with Crippen molar-refractivity contribution in [2.45, 2.75) is 39.2 Å². The van der Waals surface area contributed by atoms with Crippen molar-refractivity contribution >= 4 is 0 Å². The van der Waals surface area contributed by atoms with Crippen LogP contribution in [0.1, 0.15) is 33.1 Å². The molecule has 0 aromatic heterocycles. The van der Waals surface area contributed by atoms with Crippen LogP contribution in [0.15, 0.2) is 0 Å². The molecule has 2 nitrogen and oxygen atoms in total. The van der Waals surface area contributed by atoms with Gasteiger partial charge in [0.1, 0.15) is 0 Å². The highest BCUT2D eigenvalue weighted by molar-refractivity contribution is 4.59. The zero-order chi connectivity index (χ0) is 9.56. The quantitative estimate of drug-likeness (QED) is 0.661. The largest absolute Gasteiger partial charge is 0.328 e. The van der Waals surface area contributed by atoms with Gasteiger partial charge in [0.15, 0.2) is 0 Å². The molecule has 0 aliphatic rings. The fraction of sp³-hybridized carbons (Fsp3) is 1.00. The summed E-state index contributed by atoms with van der Waals surface area (Å²) >= 11 is 0. The van der Waals surface area contributed by atoms with Crippen LogP contribution in [-0.2, 0) is 0 Å². The summed E-state index contributed by atoms with van der Waals surface area (Å²) in [6.45, 7) is 5.58. The third-order valence-electron chi connectivity index (χ3n) is 2.03. The molecule has 0 bridgehead atoms. The minimum Gasteiger partial charge on any atom is -0.328 e. The zero-order valence-corrected chi connectivity index (χ0v) is 9.01. The van der Waals surface area contributed by atoms with E-state index in [1.54, 1.807) is 0 Å². The molecule has 2 atom stereocenters. The lowest BCUT2D eigenvalue weighted by Crippen LogP contribution is -2.20. The minimum absolute atomic E-state index is 0.372. The molecular weight excluding hydrogens is 148 g/mol. The standard InChI is InChI=1S/C10H24N2/c1-9(8-12(3)4)6-5-7-10(2)11/h9-10H,5-8,11H2,1-4H3. The van der Waals surface area contributed by atoms with Gasteiger partial charge in [0, 0.05) is 12.6 Å². The Kier molecular flexibility index (Phi) is 6.39. The normalized spacial score (nSPS) is 16.5. The van der Waals surface area contributed by atoms with Crippen LogP contribution in [0.25, 0.3) is 0 Å². The van der Waals surface area contributed by atoms with Crippen LogP contribution in [0, 0.1) is 5.92 Å². The van der Waals surface area contributed by atoms with E-state index in [1.807, 2.05) is 0 Å². The van der Waals surface area contributed by atoms with Crippen LogP contribution in [0.2, 0.25) is 0 Å². The number of nitrogens with zero attached hydrogens (tertiary/aromatic N) is 1. The topological polar surface area (TPSA) is 29.3 Å². The molecule has 2 unspecified atom stereocenters. The van der Waals surface area contributed by atoms with Gasteiger partial charge in [-0.15, -0.1) is 0 Å². The van der Waals surface area contributed by atoms with Gasteiger partial charge in [-0.3, -0.25) is 0 Å². The Balaban J connectivity index is 3.25. The third kappa shape index (κ3) is 8.02. The van der Waals surface area contributed by atoms with E-state index in [-0.39, 0.29) is 0 Å². The second-order valence-corrected chi connectivity index (χ2v) is 4.28. The van der Waals surface area contributed by atoms with E-state index in [1.165, 1.54) is 19.4 Å². The smallest absolute Gasteiger partial charge is 0.00104 e. The molecule has 74 valence electrons. The molecule has 0 saturated heterocycles. The van der Waals surface area contributed by atoms with E-state index in [9.17, 15) is 0 Å². The molecule has 0 saturated carbocycles. The van der Waals surface area contributed by atoms with Gasteiger partial charge < -0.3 is 10.6 Å². The molecule has 2 heteroatoms. The number of hydrogen-bond acceptors (Lipinski definition) is 2. The average molecular weight is 172 g/mol. The molecular formula is C10H24N2. The highest BCUT2D eigenvalue weighted by Gasteiger charge is 2.03. The van der Waals surface area contributed by atoms with Crippen LogP contribution < -0.4 is 5.73 Å². The molecule has 0 aliphatic heterocycles. The second kappa shape index (κ2) is 6.44. The summed E-state index contributed by atoms with van der Waals surface area (Å²) in [6.07, 6.45) is 3.74. The third-order valence-corrected chi connectivity index (χ3v) is 2.03. The summed E-state index contributed by atoms with van der Waals surface area (Å²) in [6, 6.07) is 0.372. The van der Waals surface area contributed by atoms with Crippen molar-refractivity contribution in [3.05, 3.63) is 0 Å². The number of rotatable bonds is 6. The Bertz CT molecular complexity index is 100. The molecule has 12 heavy (non-hydrogen) atoms. The summed E-state index contributed by atoms with van der Waals surface area (Å²) in [5, 5.41) is 0. The van der Waals surface area contributed by atoms with E-state index >= 15 is 0 Å². The summed E-state index contributed by atoms with van der Waals surface area (Å²) in [4.78, 5) is 2.25. The maximum absolute atomic E-state index is 5.67. The fourth-order valence-electron chi connectivity index (χ4n) is 1.50. The highest BCUT2D eigenvalue weighted by atomic mass is 15.1. The predicted molar refractivity (Wildman–Crippen MR) is 55.2 cm³/mol. The summed E-state index contributed by atoms with van der Waals surface area (Å²) in [7, 11) is 4.25. The lowest BCUT2D eigenvalue weighted by atomic mass is 10.0. The summed E-state index contributed by atoms with van der Waals surface area (Å²) in [5.74, 6) is 0.804. The van der Waals surface area contributed by atoms with Crippen molar-refractivity contribution in [1.82, 2.24) is 4.90 Å². The molecule has 0 fully saturated rings. The first-order valence-electron chi connectivity index (χ1n) is 4.92. The molecule has 0 spiro atoms. The lowest BCUT2D eigenvalue weighted by Gasteiger charge is -2.16. The zero-order valence-electron chi connectivity index (χ0n) is 9.01. The van der Waals surface area contributed by atoms with Crippen molar-refractivity contribution in [2.24, 2.45) is 11.7 Å². The minimum atomic E-state index is 0.372. The average Bonchev–Trinajstić information content (AvgIpc) is 1.84. The van der Waals surface area contributed by atoms with Gasteiger partial charge in [0.05, 0.1) is 0 Å². The monoisotopic (exact) mass is 172 g/mol. The van der Waals surface area contributed by atoms with Gasteiger partial charge in [-0.2, -0.15) is 0 Å². The van der Waals surface area contributed by atoms with Gasteiger partial charge >= 0.3 is 0 Å². The highest BCUT2D eigenvalue weighted by Crippen LogP contribution is 2.09. The molecule has 2 N–H and O–H groups in total. The first kappa shape index (κ1) is 11.9. The van der Waals surface area contributed by atoms with E-state index in [2.05, 4.69) is 32.8 Å². The lowest BCUT2D eigenvalue weighted by molar-refractivity contribution is 0.320. The van der Waals surface area contributed by atoms with Crippen molar-refractivity contribution in [3.8, 4) is 0 Å². The Morgan fingerprint density at radius 3 is 2.17 bits per heavy atom. The van der Waals surface area contributed by atoms with Gasteiger partial charge in [-0.25, -0.2) is 0 Å². The van der Waals surface area contributed by atoms with Gasteiger partial charge in [-0.1, -0.05) is 13.3 Å². The maximum Gasteiger partial charge on any atom is 0.00104 e. The van der Waals surface area contributed by atoms with Gasteiger partial charge in [-0.05, 0) is 39.8 Å². The van der Waals surface area contributed by atoms with Crippen LogP contribution >= 0.6 is 0 Å². The molecule has 0 radical (unpaired) electrons. The Morgan fingerprint density at radius 1 is 1.17 bits per heavy atom. The molecule has 0 rings (SSSR count). The number of nitrogens with two attached hydrogens (primary N) is 1. The van der Waals surface area contributed by atoms with Crippen molar-refractivity contribution in [2.75, 3.05) is 20.6 Å².